The van der Waals surface area contributed by atoms with E-state index in [0.29, 0.717) is 13.1 Å². The molecule has 1 aliphatic rings. The van der Waals surface area contributed by atoms with Crippen molar-refractivity contribution in [1.82, 2.24) is 4.31 Å². The van der Waals surface area contributed by atoms with E-state index in [1.807, 2.05) is 0 Å². The molecule has 7 heteroatoms. The summed E-state index contributed by atoms with van der Waals surface area (Å²) in [5.74, 6) is 0.714. The van der Waals surface area contributed by atoms with Crippen molar-refractivity contribution in [2.75, 3.05) is 24.6 Å². The van der Waals surface area contributed by atoms with Crippen LogP contribution in [0.3, 0.4) is 0 Å². The van der Waals surface area contributed by atoms with Gasteiger partial charge in [0.2, 0.25) is 10.0 Å². The number of benzene rings is 1. The molecule has 0 amide bonds. The fourth-order valence-corrected chi connectivity index (χ4v) is 4.36. The monoisotopic (exact) mass is 301 g/mol. The maximum atomic E-state index is 12.4. The van der Waals surface area contributed by atoms with Crippen molar-refractivity contribution < 1.29 is 18.3 Å². The molecule has 0 saturated carbocycles. The Morgan fingerprint density at radius 1 is 1.16 bits per heavy atom. The van der Waals surface area contributed by atoms with Gasteiger partial charge in [0.15, 0.2) is 0 Å². The molecule has 1 heterocycles. The van der Waals surface area contributed by atoms with E-state index < -0.39 is 16.0 Å². The van der Waals surface area contributed by atoms with Crippen molar-refractivity contribution in [3.05, 3.63) is 29.8 Å². The van der Waals surface area contributed by atoms with E-state index in [4.69, 9.17) is 5.11 Å². The zero-order valence-electron chi connectivity index (χ0n) is 10.3. The van der Waals surface area contributed by atoms with Crippen LogP contribution in [0, 0.1) is 0 Å². The van der Waals surface area contributed by atoms with Crippen LogP contribution in [0.2, 0.25) is 0 Å². The van der Waals surface area contributed by atoms with E-state index >= 15 is 0 Å². The summed E-state index contributed by atoms with van der Waals surface area (Å²) in [6.07, 6.45) is 0.844. The summed E-state index contributed by atoms with van der Waals surface area (Å²) in [5, 5.41) is 8.80. The molecule has 0 aromatic heterocycles. The normalized spacial score (nSPS) is 17.9. The van der Waals surface area contributed by atoms with Crippen molar-refractivity contribution in [3.8, 4) is 0 Å². The molecule has 0 radical (unpaired) electrons. The van der Waals surface area contributed by atoms with Gasteiger partial charge in [0.05, 0.1) is 10.5 Å². The molecule has 1 aromatic rings. The molecular formula is C12H15NO4S2. The van der Waals surface area contributed by atoms with Gasteiger partial charge in [-0.15, -0.1) is 0 Å². The molecule has 0 bridgehead atoms. The summed E-state index contributed by atoms with van der Waals surface area (Å²) in [4.78, 5) is 10.9. The first-order chi connectivity index (χ1) is 9.01. The Morgan fingerprint density at radius 3 is 2.47 bits per heavy atom. The van der Waals surface area contributed by atoms with Crippen LogP contribution in [-0.2, 0) is 10.0 Å². The number of carbonyl (C=O) groups is 1. The molecule has 1 fully saturated rings. The Balaban J connectivity index is 2.25. The first kappa shape index (κ1) is 14.4. The van der Waals surface area contributed by atoms with Crippen LogP contribution in [0.5, 0.6) is 0 Å². The maximum absolute atomic E-state index is 12.4. The van der Waals surface area contributed by atoms with Crippen molar-refractivity contribution in [2.24, 2.45) is 0 Å². The van der Waals surface area contributed by atoms with E-state index in [1.54, 1.807) is 11.8 Å². The average molecular weight is 301 g/mol. The van der Waals surface area contributed by atoms with Crippen LogP contribution < -0.4 is 0 Å². The molecule has 104 valence electrons. The largest absolute Gasteiger partial charge is 0.478 e. The van der Waals surface area contributed by atoms with Gasteiger partial charge in [-0.2, -0.15) is 16.1 Å². The molecule has 1 saturated heterocycles. The quantitative estimate of drug-likeness (QED) is 0.916. The predicted molar refractivity (Wildman–Crippen MR) is 74.1 cm³/mol. The number of sulfonamides is 1. The van der Waals surface area contributed by atoms with Gasteiger partial charge in [-0.3, -0.25) is 0 Å². The number of carboxylic acids is 1. The number of hydrogen-bond donors (Lipinski definition) is 1. The molecule has 1 N–H and O–H groups in total. The number of hydrogen-bond acceptors (Lipinski definition) is 4. The second-order valence-corrected chi connectivity index (χ2v) is 7.36. The van der Waals surface area contributed by atoms with Gasteiger partial charge in [0.25, 0.3) is 0 Å². The van der Waals surface area contributed by atoms with E-state index in [-0.39, 0.29) is 10.5 Å². The first-order valence-corrected chi connectivity index (χ1v) is 8.52. The molecular weight excluding hydrogens is 286 g/mol. The minimum atomic E-state index is -3.50. The molecule has 0 spiro atoms. The summed E-state index contributed by atoms with van der Waals surface area (Å²) < 4.78 is 26.3. The SMILES string of the molecule is O=C(O)c1ccc(S(=O)(=O)N2CCCSCC2)cc1. The van der Waals surface area contributed by atoms with Crippen LogP contribution >= 0.6 is 11.8 Å². The molecule has 0 atom stereocenters. The Morgan fingerprint density at radius 2 is 1.84 bits per heavy atom. The van der Waals surface area contributed by atoms with Crippen molar-refractivity contribution >= 4 is 27.8 Å². The van der Waals surface area contributed by atoms with Gasteiger partial charge in [0, 0.05) is 18.8 Å². The van der Waals surface area contributed by atoms with E-state index in [2.05, 4.69) is 0 Å². The van der Waals surface area contributed by atoms with Gasteiger partial charge in [-0.25, -0.2) is 13.2 Å². The third kappa shape index (κ3) is 3.29. The zero-order chi connectivity index (χ0) is 13.9. The summed E-state index contributed by atoms with van der Waals surface area (Å²) >= 11 is 1.75. The smallest absolute Gasteiger partial charge is 0.335 e. The number of carboxylic acid groups (broad SMARTS) is 1. The molecule has 19 heavy (non-hydrogen) atoms. The zero-order valence-corrected chi connectivity index (χ0v) is 11.9. The van der Waals surface area contributed by atoms with Crippen LogP contribution in [0.25, 0.3) is 0 Å². The Kier molecular flexibility index (Phi) is 4.49. The number of aromatic carboxylic acids is 1. The van der Waals surface area contributed by atoms with Crippen LogP contribution in [0.1, 0.15) is 16.8 Å². The highest BCUT2D eigenvalue weighted by molar-refractivity contribution is 7.99. The Labute approximate surface area is 116 Å². The lowest BCUT2D eigenvalue weighted by atomic mass is 10.2. The van der Waals surface area contributed by atoms with E-state index in [9.17, 15) is 13.2 Å². The van der Waals surface area contributed by atoms with Crippen LogP contribution in [0.4, 0.5) is 0 Å². The van der Waals surface area contributed by atoms with Crippen molar-refractivity contribution in [3.63, 3.8) is 0 Å². The molecule has 2 rings (SSSR count). The minimum absolute atomic E-state index is 0.0883. The van der Waals surface area contributed by atoms with Gasteiger partial charge in [0.1, 0.15) is 0 Å². The van der Waals surface area contributed by atoms with Gasteiger partial charge < -0.3 is 5.11 Å². The van der Waals surface area contributed by atoms with E-state index in [1.165, 1.54) is 28.6 Å². The topological polar surface area (TPSA) is 74.7 Å². The lowest BCUT2D eigenvalue weighted by Gasteiger charge is -2.19. The Hall–Kier alpha value is -1.05. The average Bonchev–Trinajstić information content (AvgIpc) is 2.68. The lowest BCUT2D eigenvalue weighted by Crippen LogP contribution is -2.33. The highest BCUT2D eigenvalue weighted by Crippen LogP contribution is 2.20. The number of rotatable bonds is 3. The fraction of sp³-hybridized carbons (Fsp3) is 0.417. The van der Waals surface area contributed by atoms with Crippen LogP contribution in [0.15, 0.2) is 29.2 Å². The third-order valence-electron chi connectivity index (χ3n) is 2.92. The Bertz CT molecular complexity index is 546. The summed E-state index contributed by atoms with van der Waals surface area (Å²) in [7, 11) is -3.50. The minimum Gasteiger partial charge on any atom is -0.478 e. The third-order valence-corrected chi connectivity index (χ3v) is 5.88. The highest BCUT2D eigenvalue weighted by atomic mass is 32.2. The molecule has 1 aromatic carbocycles. The molecule has 1 aliphatic heterocycles. The number of thioether (sulfide) groups is 1. The van der Waals surface area contributed by atoms with Crippen molar-refractivity contribution in [1.29, 1.82) is 0 Å². The molecule has 0 aliphatic carbocycles. The fourth-order valence-electron chi connectivity index (χ4n) is 1.88. The van der Waals surface area contributed by atoms with Crippen molar-refractivity contribution in [2.45, 2.75) is 11.3 Å². The lowest BCUT2D eigenvalue weighted by molar-refractivity contribution is 0.0696. The molecule has 5 nitrogen and oxygen atoms in total. The maximum Gasteiger partial charge on any atom is 0.335 e. The predicted octanol–water partition coefficient (Wildman–Crippen LogP) is 1.51. The van der Waals surface area contributed by atoms with Gasteiger partial charge >= 0.3 is 5.97 Å². The standard InChI is InChI=1S/C12H15NO4S2/c14-12(15)10-2-4-11(5-3-10)19(16,17)13-6-1-8-18-9-7-13/h2-5H,1,6-9H2,(H,14,15). The second-order valence-electron chi connectivity index (χ2n) is 4.20. The summed E-state index contributed by atoms with van der Waals surface area (Å²) in [6.45, 7) is 1.03. The number of nitrogens with zero attached hydrogens (tertiary/aromatic N) is 1. The summed E-state index contributed by atoms with van der Waals surface area (Å²) in [5.41, 5.74) is 0.0883. The van der Waals surface area contributed by atoms with Gasteiger partial charge in [-0.05, 0) is 36.4 Å². The van der Waals surface area contributed by atoms with Crippen LogP contribution in [-0.4, -0.2) is 48.4 Å². The highest BCUT2D eigenvalue weighted by Gasteiger charge is 2.25. The second kappa shape index (κ2) is 5.94. The summed E-state index contributed by atoms with van der Waals surface area (Å²) in [6, 6.07) is 5.36. The first-order valence-electron chi connectivity index (χ1n) is 5.93. The van der Waals surface area contributed by atoms with Gasteiger partial charge in [-0.1, -0.05) is 0 Å². The molecule has 0 unspecified atom stereocenters. The van der Waals surface area contributed by atoms with E-state index in [0.717, 1.165) is 17.9 Å².